The Bertz CT molecular complexity index is 1660. The van der Waals surface area contributed by atoms with E-state index in [1.165, 1.54) is 224 Å². The molecule has 2 aliphatic heterocycles. The summed E-state index contributed by atoms with van der Waals surface area (Å²) in [5.74, 6) is 8.46. The molecule has 9 saturated carbocycles. The molecule has 1 amide bonds. The monoisotopic (exact) mass is 1000 g/mol. The summed E-state index contributed by atoms with van der Waals surface area (Å²) in [4.78, 5) is 27.5. The third kappa shape index (κ3) is 16.5. The molecule has 10 nitrogen and oxygen atoms in total. The Balaban J connectivity index is 0.000000333. The lowest BCUT2D eigenvalue weighted by atomic mass is 9.52. The van der Waals surface area contributed by atoms with Gasteiger partial charge in [-0.1, -0.05) is 113 Å². The average molecular weight is 1010 g/mol. The normalized spacial score (nSPS) is 31.2. The van der Waals surface area contributed by atoms with Crippen molar-refractivity contribution in [3.05, 3.63) is 19.1 Å². The summed E-state index contributed by atoms with van der Waals surface area (Å²) >= 11 is 0. The molecule has 414 valence electrons. The van der Waals surface area contributed by atoms with Gasteiger partial charge in [0.15, 0.2) is 5.90 Å². The number of carboxylic acid groups (broad SMARTS) is 1. The summed E-state index contributed by atoms with van der Waals surface area (Å²) in [6.07, 6.45) is 50.8. The number of carbonyl (C=O) groups excluding carboxylic acids is 1. The second-order valence-electron chi connectivity index (χ2n) is 23.9. The number of aliphatic carboxylic acids is 1. The van der Waals surface area contributed by atoms with Crippen molar-refractivity contribution in [3.63, 3.8) is 0 Å². The highest BCUT2D eigenvalue weighted by atomic mass is 19.0. The molecule has 0 radical (unpaired) electrons. The number of hydrogen-bond acceptors (Lipinski definition) is 7. The lowest BCUT2D eigenvalue weighted by Crippen LogP contribution is -2.51. The minimum atomic E-state index is -0.533. The number of carboxylic acids is 1. The fraction of sp³-hybridized carbons (Fsp3) is 0.897. The largest absolute Gasteiger partial charge is 0.484 e. The Labute approximate surface area is 435 Å². The van der Waals surface area contributed by atoms with Crippen LogP contribution in [0, 0.1) is 34.5 Å². The lowest BCUT2D eigenvalue weighted by molar-refractivity contribution is -0.159. The zero-order chi connectivity index (χ0) is 49.7. The highest BCUT2D eigenvalue weighted by Crippen LogP contribution is 2.61. The van der Waals surface area contributed by atoms with Crippen LogP contribution in [0.3, 0.4) is 0 Å². The second-order valence-corrected chi connectivity index (χ2v) is 23.9. The molecule has 11 aliphatic rings. The van der Waals surface area contributed by atoms with Crippen LogP contribution in [0.15, 0.2) is 4.99 Å². The minimum Gasteiger partial charge on any atom is -0.484 e. The average Bonchev–Trinajstić information content (AvgIpc) is 3.78. The number of amides is 1. The number of aromatic nitrogens is 3. The number of methoxy groups -OCH3 is 1. The molecule has 71 heavy (non-hydrogen) atoms. The van der Waals surface area contributed by atoms with E-state index in [1.54, 1.807) is 7.11 Å². The molecule has 0 spiro atoms. The molecular formula is C58H109BF2N6O4-2. The van der Waals surface area contributed by atoms with Crippen molar-refractivity contribution >= 4 is 26.2 Å². The van der Waals surface area contributed by atoms with E-state index >= 15 is 0 Å². The number of aliphatic imine (C=N–C) groups is 1. The molecule has 6 bridgehead atoms. The zero-order valence-corrected chi connectivity index (χ0v) is 45.5. The number of nitrogens with two attached hydrogens (primary N) is 1. The van der Waals surface area contributed by atoms with E-state index in [9.17, 15) is 14.7 Å². The highest BCUT2D eigenvalue weighted by Gasteiger charge is 2.54. The van der Waals surface area contributed by atoms with Gasteiger partial charge in [0.05, 0.1) is 17.9 Å². The van der Waals surface area contributed by atoms with Crippen LogP contribution >= 0.6 is 0 Å². The number of nitrogens with one attached hydrogen (secondary N) is 1. The maximum atomic E-state index is 11.9. The summed E-state index contributed by atoms with van der Waals surface area (Å²) < 4.78 is 20.6. The Kier molecular flexibility index (Phi) is 27.1. The number of ether oxygens (including phenoxy) is 1. The number of unbranched alkanes of at least 4 members (excludes halogenated alkanes) is 6. The smallest absolute Gasteiger partial charge is 0.309 e. The highest BCUT2D eigenvalue weighted by molar-refractivity contribution is 5.82. The van der Waals surface area contributed by atoms with Crippen molar-refractivity contribution in [2.75, 3.05) is 13.7 Å². The summed E-state index contributed by atoms with van der Waals surface area (Å²) in [5.41, 5.74) is 4.11. The third-order valence-corrected chi connectivity index (χ3v) is 19.9. The zero-order valence-electron chi connectivity index (χ0n) is 46.5. The summed E-state index contributed by atoms with van der Waals surface area (Å²) in [6.45, 7) is 8.96. The van der Waals surface area contributed by atoms with E-state index in [1.807, 2.05) is 0 Å². The van der Waals surface area contributed by atoms with Crippen molar-refractivity contribution in [2.45, 2.75) is 290 Å². The lowest BCUT2D eigenvalue weighted by Gasteiger charge is -2.53. The molecule has 0 aromatic carbocycles. The SMILES string of the molecule is CCCCCC12CCC(C(=O)NN)(CC1)CC2.CCCCCC12CCC(C(=O)O)(CC1)CC2.CCCCCC12CCC(c3nnc4n3CCCCCC4)(CC1)CC2.COC1=NCCCCCC1.F.[3H]F.[BH4-].[CH3-]. The van der Waals surface area contributed by atoms with Crippen LogP contribution < -0.4 is 11.3 Å². The molecule has 3 heterocycles. The number of hydrogen-bond donors (Lipinski definition) is 3. The van der Waals surface area contributed by atoms with Gasteiger partial charge in [-0.3, -0.25) is 29.4 Å². The predicted octanol–water partition coefficient (Wildman–Crippen LogP) is 13.8. The van der Waals surface area contributed by atoms with Crippen molar-refractivity contribution in [3.8, 4) is 0 Å². The maximum Gasteiger partial charge on any atom is 0.309 e. The fourth-order valence-corrected chi connectivity index (χ4v) is 14.6. The maximum absolute atomic E-state index is 11.9. The first-order valence-corrected chi connectivity index (χ1v) is 28.7. The second kappa shape index (κ2) is 30.7. The van der Waals surface area contributed by atoms with Gasteiger partial charge >= 0.3 is 5.97 Å². The van der Waals surface area contributed by atoms with Gasteiger partial charge in [0.25, 0.3) is 1.45 Å². The topological polar surface area (TPSA) is 145 Å². The first-order chi connectivity index (χ1) is 33.5. The summed E-state index contributed by atoms with van der Waals surface area (Å²) in [7, 11) is 1.71. The number of fused-ring (bicyclic) bond motifs is 10. The molecule has 13 heteroatoms. The molecule has 9 fully saturated rings. The van der Waals surface area contributed by atoms with Crippen LogP contribution in [0.4, 0.5) is 9.42 Å². The number of hydrazine groups is 1. The Hall–Kier alpha value is -2.57. The van der Waals surface area contributed by atoms with Gasteiger partial charge < -0.3 is 21.8 Å². The van der Waals surface area contributed by atoms with E-state index in [2.05, 4.69) is 42.3 Å². The van der Waals surface area contributed by atoms with E-state index < -0.39 is 5.97 Å². The van der Waals surface area contributed by atoms with Gasteiger partial charge in [0, 0.05) is 31.3 Å². The Morgan fingerprint density at radius 2 is 1.04 bits per heavy atom. The van der Waals surface area contributed by atoms with Crippen molar-refractivity contribution in [1.82, 2.24) is 20.2 Å². The van der Waals surface area contributed by atoms with Crippen LogP contribution in [-0.2, 0) is 32.7 Å². The number of rotatable bonds is 15. The van der Waals surface area contributed by atoms with E-state index in [0.717, 1.165) is 63.8 Å². The molecule has 0 unspecified atom stereocenters. The number of nitrogens with zero attached hydrogens (tertiary/aromatic N) is 4. The third-order valence-electron chi connectivity index (χ3n) is 19.9. The van der Waals surface area contributed by atoms with E-state index in [0.29, 0.717) is 21.7 Å². The van der Waals surface area contributed by atoms with Gasteiger partial charge in [0.2, 0.25) is 5.91 Å². The first-order valence-electron chi connectivity index (χ1n) is 29.1. The van der Waals surface area contributed by atoms with Crippen LogP contribution in [0.5, 0.6) is 0 Å². The minimum absolute atomic E-state index is 0. The number of aryl methyl sites for hydroxylation is 1. The van der Waals surface area contributed by atoms with Gasteiger partial charge in [-0.2, -0.15) is 0 Å². The molecular weight excluding hydrogens is 893 g/mol. The van der Waals surface area contributed by atoms with E-state index in [-0.39, 0.29) is 37.3 Å². The van der Waals surface area contributed by atoms with Gasteiger partial charge in [0.1, 0.15) is 11.6 Å². The fourth-order valence-electron chi connectivity index (χ4n) is 14.6. The quantitative estimate of drug-likeness (QED) is 0.0396. The van der Waals surface area contributed by atoms with Crippen molar-refractivity contribution in [2.24, 2.45) is 37.9 Å². The van der Waals surface area contributed by atoms with Crippen LogP contribution in [0.2, 0.25) is 0 Å². The van der Waals surface area contributed by atoms with Gasteiger partial charge in [-0.05, 0) is 177 Å². The molecule has 1 aromatic rings. The Morgan fingerprint density at radius 3 is 1.48 bits per heavy atom. The summed E-state index contributed by atoms with van der Waals surface area (Å²) in [5, 5.41) is 18.7. The van der Waals surface area contributed by atoms with Gasteiger partial charge in [-0.15, -0.1) is 10.2 Å². The Morgan fingerprint density at radius 1 is 0.620 bits per heavy atom. The molecule has 1 aromatic heterocycles. The number of halogens is 2. The van der Waals surface area contributed by atoms with Crippen LogP contribution in [0.25, 0.3) is 0 Å². The predicted molar refractivity (Wildman–Crippen MR) is 297 cm³/mol. The summed E-state index contributed by atoms with van der Waals surface area (Å²) in [6, 6.07) is 0. The molecule has 4 N–H and O–H groups in total. The van der Waals surface area contributed by atoms with Gasteiger partial charge in [-0.25, -0.2) is 5.84 Å². The van der Waals surface area contributed by atoms with E-state index in [4.69, 9.17) is 20.4 Å². The number of carbonyl (C=O) groups is 2. The molecule has 12 rings (SSSR count). The standard InChI is InChI=1S/C21H35N3.C14H26N2O.C14H24O2.C8H15NO.CH3.BH4.2FH/c1-2-3-7-10-20-11-14-21(15-12-20,16-13-20)19-23-22-18-9-6-4-5-8-17-24(18)19;1-2-3-4-5-13-6-9-14(10-7-13,11-8-13)12(17)16-15;1-2-3-4-5-13-6-9-14(10-7-13,11-8-13)12(15)16;1-10-8-6-4-2-3-5-7-9-8;;;;/h2-17H2,1H3;2-11,15H2,1H3,(H,16,17);2-11H2,1H3,(H,15,16);2-7H2,1H3;1H3;1H4;2*1H/q;;;;2*-1;;/i/hT. The van der Waals surface area contributed by atoms with Crippen LogP contribution in [0.1, 0.15) is 283 Å². The molecule has 0 atom stereocenters. The molecule has 0 saturated heterocycles. The first kappa shape index (κ1) is 62.7. The van der Waals surface area contributed by atoms with Crippen molar-refractivity contribution in [1.29, 1.82) is 1.45 Å². The van der Waals surface area contributed by atoms with Crippen molar-refractivity contribution < 1.29 is 28.9 Å². The molecule has 9 aliphatic carbocycles. The van der Waals surface area contributed by atoms with Crippen LogP contribution in [-0.4, -0.2) is 61.2 Å².